The summed E-state index contributed by atoms with van der Waals surface area (Å²) in [6.07, 6.45) is 0.970. The lowest BCUT2D eigenvalue weighted by atomic mass is 9.89. The number of allylic oxidation sites excluding steroid dienone is 2. The third kappa shape index (κ3) is 11.5. The minimum Gasteiger partial charge on any atom is -0.497 e. The third-order valence-corrected chi connectivity index (χ3v) is 10.5. The fraction of sp³-hybridized carbons (Fsp3) is 0.214. The van der Waals surface area contributed by atoms with Gasteiger partial charge in [-0.3, -0.25) is 0 Å². The highest BCUT2D eigenvalue weighted by Crippen LogP contribution is 2.39. The van der Waals surface area contributed by atoms with Crippen LogP contribution in [0.2, 0.25) is 0 Å². The van der Waals surface area contributed by atoms with Crippen molar-refractivity contribution in [2.45, 2.75) is 12.8 Å². The molecule has 10 heteroatoms. The predicted octanol–water partition coefficient (Wildman–Crippen LogP) is 9.86. The Balaban J connectivity index is 1.45. The van der Waals surface area contributed by atoms with Gasteiger partial charge in [-0.25, -0.2) is 0 Å². The van der Waals surface area contributed by atoms with E-state index in [0.29, 0.717) is 86.8 Å². The van der Waals surface area contributed by atoms with Crippen molar-refractivity contribution in [2.75, 3.05) is 71.1 Å². The summed E-state index contributed by atoms with van der Waals surface area (Å²) in [6.45, 7) is 0. The van der Waals surface area contributed by atoms with Crippen LogP contribution in [0.15, 0.2) is 115 Å². The van der Waals surface area contributed by atoms with Gasteiger partial charge in [-0.2, -0.15) is 0 Å². The normalized spacial score (nSPS) is 10.6. The van der Waals surface area contributed by atoms with Gasteiger partial charge in [0, 0.05) is 28.7 Å². The summed E-state index contributed by atoms with van der Waals surface area (Å²) in [4.78, 5) is 0. The zero-order valence-electron chi connectivity index (χ0n) is 38.9. The SMILES string of the molecule is COc1cccc(C#C/C(Cc2ccc(C#Cc3cc(OC)c(OC)c(OC)c3)c(OC)c2)=C(\Cc2ccc(C#Cc3cc(OC)c(OC)c(OC)c3)c(OC)c2)c2cccc(OC)c2)c1. The highest BCUT2D eigenvalue weighted by Gasteiger charge is 2.17. The van der Waals surface area contributed by atoms with Crippen LogP contribution in [0, 0.1) is 35.5 Å². The van der Waals surface area contributed by atoms with E-state index in [1.807, 2.05) is 97.1 Å². The minimum atomic E-state index is 0.468. The molecule has 0 saturated carbocycles. The van der Waals surface area contributed by atoms with Gasteiger partial charge in [0.25, 0.3) is 0 Å². The molecule has 0 aliphatic heterocycles. The van der Waals surface area contributed by atoms with Crippen molar-refractivity contribution in [1.29, 1.82) is 0 Å². The first kappa shape index (κ1) is 47.2. The summed E-state index contributed by atoms with van der Waals surface area (Å²) in [5, 5.41) is 0. The second-order valence-electron chi connectivity index (χ2n) is 14.4. The highest BCUT2D eigenvalue weighted by molar-refractivity contribution is 5.76. The molecule has 0 unspecified atom stereocenters. The van der Waals surface area contributed by atoms with Gasteiger partial charge in [-0.15, -0.1) is 0 Å². The lowest BCUT2D eigenvalue weighted by molar-refractivity contribution is 0.324. The minimum absolute atomic E-state index is 0.468. The molecule has 0 atom stereocenters. The molecule has 0 aliphatic carbocycles. The topological polar surface area (TPSA) is 92.3 Å². The first-order chi connectivity index (χ1) is 32.2. The zero-order valence-corrected chi connectivity index (χ0v) is 38.9. The van der Waals surface area contributed by atoms with E-state index in [-0.39, 0.29) is 0 Å². The Hall–Kier alpha value is -8.26. The fourth-order valence-electron chi connectivity index (χ4n) is 7.16. The van der Waals surface area contributed by atoms with Crippen LogP contribution in [0.1, 0.15) is 44.5 Å². The first-order valence-electron chi connectivity index (χ1n) is 20.7. The number of hydrogen-bond acceptors (Lipinski definition) is 10. The van der Waals surface area contributed by atoms with Crippen molar-refractivity contribution in [3.8, 4) is 93.0 Å². The number of hydrogen-bond donors (Lipinski definition) is 0. The molecule has 10 nitrogen and oxygen atoms in total. The van der Waals surface area contributed by atoms with Gasteiger partial charge >= 0.3 is 0 Å². The van der Waals surface area contributed by atoms with Gasteiger partial charge in [0.1, 0.15) is 23.0 Å². The Morgan fingerprint density at radius 1 is 0.364 bits per heavy atom. The predicted molar refractivity (Wildman–Crippen MR) is 257 cm³/mol. The second kappa shape index (κ2) is 22.9. The Morgan fingerprint density at radius 2 is 0.818 bits per heavy atom. The molecule has 0 N–H and O–H groups in total. The van der Waals surface area contributed by atoms with Gasteiger partial charge in [-0.1, -0.05) is 65.9 Å². The summed E-state index contributed by atoms with van der Waals surface area (Å²) < 4.78 is 56.3. The first-order valence-corrected chi connectivity index (χ1v) is 20.7. The maximum Gasteiger partial charge on any atom is 0.203 e. The summed E-state index contributed by atoms with van der Waals surface area (Å²) in [7, 11) is 16.0. The van der Waals surface area contributed by atoms with Crippen LogP contribution in [0.5, 0.6) is 57.5 Å². The monoisotopic (exact) mass is 884 g/mol. The van der Waals surface area contributed by atoms with E-state index in [2.05, 4.69) is 47.7 Å². The van der Waals surface area contributed by atoms with E-state index >= 15 is 0 Å². The van der Waals surface area contributed by atoms with Crippen molar-refractivity contribution >= 4 is 5.57 Å². The summed E-state index contributed by atoms with van der Waals surface area (Å²) >= 11 is 0. The zero-order chi connectivity index (χ0) is 47.0. The molecule has 336 valence electrons. The maximum atomic E-state index is 5.94. The summed E-state index contributed by atoms with van der Waals surface area (Å²) in [6, 6.07) is 35.0. The van der Waals surface area contributed by atoms with Crippen LogP contribution >= 0.6 is 0 Å². The molecule has 0 aliphatic rings. The van der Waals surface area contributed by atoms with Crippen LogP contribution in [-0.4, -0.2) is 71.1 Å². The molecule has 0 spiro atoms. The van der Waals surface area contributed by atoms with E-state index in [9.17, 15) is 0 Å². The molecule has 6 aromatic carbocycles. The second-order valence-corrected chi connectivity index (χ2v) is 14.4. The standard InChI is InChI=1S/C56H52O10/c1-57-46-15-11-13-37(28-46)17-26-45(27-38-18-22-42(49(30-38)59-3)24-20-40-32-51(61-5)55(65-9)52(33-40)62-6)48(44-14-12-16-47(36-44)58-2)29-39-19-23-43(50(31-39)60-4)25-21-41-34-53(63-7)56(66-10)54(35-41)64-8/h11-16,18-19,22-23,28,30-36H,27,29H2,1-10H3/b48-45-. The Bertz CT molecular complexity index is 2860. The van der Waals surface area contributed by atoms with E-state index in [0.717, 1.165) is 39.1 Å². The Morgan fingerprint density at radius 3 is 1.27 bits per heavy atom. The Kier molecular flexibility index (Phi) is 16.4. The molecule has 0 amide bonds. The van der Waals surface area contributed by atoms with Crippen molar-refractivity contribution in [3.63, 3.8) is 0 Å². The van der Waals surface area contributed by atoms with Gasteiger partial charge in [0.2, 0.25) is 11.5 Å². The molecule has 0 fully saturated rings. The molecule has 0 aromatic heterocycles. The van der Waals surface area contributed by atoms with Gasteiger partial charge in [-0.05, 0) is 108 Å². The van der Waals surface area contributed by atoms with Crippen molar-refractivity contribution in [1.82, 2.24) is 0 Å². The third-order valence-electron chi connectivity index (χ3n) is 10.5. The van der Waals surface area contributed by atoms with E-state index < -0.39 is 0 Å². The lowest BCUT2D eigenvalue weighted by Gasteiger charge is -2.16. The number of rotatable bonds is 15. The maximum absolute atomic E-state index is 5.94. The molecule has 0 radical (unpaired) electrons. The van der Waals surface area contributed by atoms with Crippen molar-refractivity contribution in [2.24, 2.45) is 0 Å². The molecule has 0 heterocycles. The summed E-state index contributed by atoms with van der Waals surface area (Å²) in [5.74, 6) is 25.7. The van der Waals surface area contributed by atoms with E-state index in [4.69, 9.17) is 47.4 Å². The molecule has 6 rings (SSSR count). The Labute approximate surface area is 387 Å². The summed E-state index contributed by atoms with van der Waals surface area (Å²) in [5.41, 5.74) is 8.38. The molecule has 0 bridgehead atoms. The smallest absolute Gasteiger partial charge is 0.203 e. The number of ether oxygens (including phenoxy) is 10. The highest BCUT2D eigenvalue weighted by atomic mass is 16.5. The van der Waals surface area contributed by atoms with Crippen LogP contribution in [-0.2, 0) is 12.8 Å². The number of methoxy groups -OCH3 is 10. The van der Waals surface area contributed by atoms with Crippen LogP contribution < -0.4 is 47.4 Å². The van der Waals surface area contributed by atoms with Gasteiger partial charge in [0.15, 0.2) is 23.0 Å². The molecule has 66 heavy (non-hydrogen) atoms. The van der Waals surface area contributed by atoms with Crippen LogP contribution in [0.3, 0.4) is 0 Å². The van der Waals surface area contributed by atoms with Crippen LogP contribution in [0.4, 0.5) is 0 Å². The number of benzene rings is 6. The van der Waals surface area contributed by atoms with E-state index in [1.54, 1.807) is 71.1 Å². The largest absolute Gasteiger partial charge is 0.497 e. The van der Waals surface area contributed by atoms with E-state index in [1.165, 1.54) is 0 Å². The van der Waals surface area contributed by atoms with Crippen molar-refractivity contribution in [3.05, 3.63) is 159 Å². The lowest BCUT2D eigenvalue weighted by Crippen LogP contribution is -2.01. The van der Waals surface area contributed by atoms with Gasteiger partial charge in [0.05, 0.1) is 82.2 Å². The van der Waals surface area contributed by atoms with Crippen molar-refractivity contribution < 1.29 is 47.4 Å². The molecule has 6 aromatic rings. The average Bonchev–Trinajstić information content (AvgIpc) is 3.37. The fourth-order valence-corrected chi connectivity index (χ4v) is 7.16. The van der Waals surface area contributed by atoms with Crippen LogP contribution in [0.25, 0.3) is 5.57 Å². The average molecular weight is 885 g/mol. The quantitative estimate of drug-likeness (QED) is 0.0929. The molecular formula is C56H52O10. The van der Waals surface area contributed by atoms with Gasteiger partial charge < -0.3 is 47.4 Å². The molecule has 0 saturated heterocycles. The molecular weight excluding hydrogens is 833 g/mol.